The molecule has 1 rings (SSSR count). The van der Waals surface area contributed by atoms with Crippen LogP contribution < -0.4 is 5.32 Å². The highest BCUT2D eigenvalue weighted by Gasteiger charge is 2.12. The second-order valence-electron chi connectivity index (χ2n) is 3.16. The molecule has 0 bridgehead atoms. The normalized spacial score (nSPS) is 11.0. The van der Waals surface area contributed by atoms with Crippen molar-refractivity contribution in [3.8, 4) is 18.4 Å². The Bertz CT molecular complexity index is 466. The minimum absolute atomic E-state index is 0.356. The number of carbonyl (C=O) groups is 1. The molecule has 1 aromatic rings. The summed E-state index contributed by atoms with van der Waals surface area (Å²) >= 11 is 0. The predicted octanol–water partition coefficient (Wildman–Crippen LogP) is 1.28. The van der Waals surface area contributed by atoms with E-state index in [9.17, 15) is 4.79 Å². The summed E-state index contributed by atoms with van der Waals surface area (Å²) in [6.45, 7) is 2.10. The highest BCUT2D eigenvalue weighted by atomic mass is 16.5. The van der Waals surface area contributed by atoms with E-state index >= 15 is 0 Å². The first-order chi connectivity index (χ1) is 8.21. The van der Waals surface area contributed by atoms with E-state index in [0.717, 1.165) is 0 Å². The van der Waals surface area contributed by atoms with Crippen LogP contribution in [0.5, 0.6) is 0 Å². The molecule has 0 aliphatic heterocycles. The van der Waals surface area contributed by atoms with Gasteiger partial charge in [-0.15, -0.1) is 6.42 Å². The third-order valence-corrected chi connectivity index (χ3v) is 2.03. The van der Waals surface area contributed by atoms with Crippen molar-refractivity contribution >= 4 is 5.91 Å². The number of nitrogens with zero attached hydrogens (tertiary/aromatic N) is 1. The molecule has 1 aromatic carbocycles. The Morgan fingerprint density at radius 3 is 2.65 bits per heavy atom. The third kappa shape index (κ3) is 3.64. The van der Waals surface area contributed by atoms with Gasteiger partial charge in [-0.1, -0.05) is 5.92 Å². The zero-order chi connectivity index (χ0) is 12.7. The molecule has 0 aliphatic rings. The summed E-state index contributed by atoms with van der Waals surface area (Å²) in [4.78, 5) is 11.7. The van der Waals surface area contributed by atoms with E-state index in [0.29, 0.717) is 17.7 Å². The maximum atomic E-state index is 11.7. The van der Waals surface area contributed by atoms with Gasteiger partial charge >= 0.3 is 0 Å². The minimum atomic E-state index is -0.931. The molecule has 17 heavy (non-hydrogen) atoms. The van der Waals surface area contributed by atoms with Crippen LogP contribution in [0, 0.1) is 23.7 Å². The smallest absolute Gasteiger partial charge is 0.254 e. The number of amides is 1. The molecule has 1 unspecified atom stereocenters. The Morgan fingerprint density at radius 1 is 1.53 bits per heavy atom. The van der Waals surface area contributed by atoms with Crippen LogP contribution in [0.3, 0.4) is 0 Å². The van der Waals surface area contributed by atoms with Crippen LogP contribution in [0.15, 0.2) is 24.3 Å². The van der Waals surface area contributed by atoms with Gasteiger partial charge in [0.25, 0.3) is 5.91 Å². The monoisotopic (exact) mass is 228 g/mol. The van der Waals surface area contributed by atoms with Gasteiger partial charge in [-0.2, -0.15) is 5.26 Å². The summed E-state index contributed by atoms with van der Waals surface area (Å²) in [5, 5.41) is 11.2. The molecule has 0 saturated carbocycles. The zero-order valence-electron chi connectivity index (χ0n) is 9.43. The number of ether oxygens (including phenoxy) is 1. The lowest BCUT2D eigenvalue weighted by Crippen LogP contribution is -2.35. The van der Waals surface area contributed by atoms with Gasteiger partial charge < -0.3 is 10.1 Å². The fraction of sp³-hybridized carbons (Fsp3) is 0.231. The molecule has 0 aliphatic carbocycles. The summed E-state index contributed by atoms with van der Waals surface area (Å²) in [6, 6.07) is 8.37. The van der Waals surface area contributed by atoms with Gasteiger partial charge in [-0.25, -0.2) is 0 Å². The largest absolute Gasteiger partial charge is 0.346 e. The van der Waals surface area contributed by atoms with Gasteiger partial charge in [0.1, 0.15) is 6.07 Å². The molecule has 0 radical (unpaired) electrons. The number of nitriles is 1. The molecular formula is C13H12N2O2. The summed E-state index contributed by atoms with van der Waals surface area (Å²) in [6.07, 6.45) is 4.27. The van der Waals surface area contributed by atoms with Gasteiger partial charge in [-0.3, -0.25) is 4.79 Å². The molecule has 0 spiro atoms. The number of hydrogen-bond acceptors (Lipinski definition) is 3. The SMILES string of the molecule is C#Cc1ccc(C(=O)NC(C#N)OCC)cc1. The molecule has 1 atom stereocenters. The zero-order valence-corrected chi connectivity index (χ0v) is 9.43. The second-order valence-corrected chi connectivity index (χ2v) is 3.16. The van der Waals surface area contributed by atoms with Gasteiger partial charge in [0.15, 0.2) is 0 Å². The Balaban J connectivity index is 2.70. The molecule has 1 N–H and O–H groups in total. The van der Waals surface area contributed by atoms with Crippen molar-refractivity contribution in [3.63, 3.8) is 0 Å². The molecule has 0 fully saturated rings. The van der Waals surface area contributed by atoms with Crippen LogP contribution >= 0.6 is 0 Å². The predicted molar refractivity (Wildman–Crippen MR) is 62.9 cm³/mol. The van der Waals surface area contributed by atoms with Crippen molar-refractivity contribution in [3.05, 3.63) is 35.4 Å². The summed E-state index contributed by atoms with van der Waals surface area (Å²) in [5.41, 5.74) is 1.13. The Kier molecular flexibility index (Phi) is 4.75. The average molecular weight is 228 g/mol. The lowest BCUT2D eigenvalue weighted by Gasteiger charge is -2.11. The number of carbonyl (C=O) groups excluding carboxylic acids is 1. The van der Waals surface area contributed by atoms with Crippen LogP contribution in [0.4, 0.5) is 0 Å². The summed E-state index contributed by atoms with van der Waals surface area (Å²) in [5.74, 6) is 2.09. The number of hydrogen-bond donors (Lipinski definition) is 1. The molecule has 0 aromatic heterocycles. The number of benzene rings is 1. The van der Waals surface area contributed by atoms with E-state index in [-0.39, 0.29) is 5.91 Å². The van der Waals surface area contributed by atoms with E-state index in [2.05, 4.69) is 11.2 Å². The number of rotatable bonds is 4. The van der Waals surface area contributed by atoms with E-state index in [1.807, 2.05) is 6.07 Å². The van der Waals surface area contributed by atoms with Crippen molar-refractivity contribution < 1.29 is 9.53 Å². The maximum absolute atomic E-state index is 11.7. The third-order valence-electron chi connectivity index (χ3n) is 2.03. The number of nitrogens with one attached hydrogen (secondary N) is 1. The van der Waals surface area contributed by atoms with E-state index in [4.69, 9.17) is 16.4 Å². The van der Waals surface area contributed by atoms with Crippen molar-refractivity contribution in [2.45, 2.75) is 13.2 Å². The average Bonchev–Trinajstić information content (AvgIpc) is 2.38. The van der Waals surface area contributed by atoms with Crippen LogP contribution in [-0.4, -0.2) is 18.7 Å². The topological polar surface area (TPSA) is 62.1 Å². The first kappa shape index (κ1) is 12.8. The lowest BCUT2D eigenvalue weighted by molar-refractivity contribution is 0.0615. The van der Waals surface area contributed by atoms with Crippen molar-refractivity contribution in [1.29, 1.82) is 5.26 Å². The van der Waals surface area contributed by atoms with Gasteiger partial charge in [0, 0.05) is 17.7 Å². The molecule has 1 amide bonds. The minimum Gasteiger partial charge on any atom is -0.346 e. The van der Waals surface area contributed by atoms with Crippen LogP contribution in [0.25, 0.3) is 0 Å². The first-order valence-electron chi connectivity index (χ1n) is 5.10. The molecule has 4 heteroatoms. The quantitative estimate of drug-likeness (QED) is 0.623. The molecule has 4 nitrogen and oxygen atoms in total. The van der Waals surface area contributed by atoms with Crippen molar-refractivity contribution in [2.24, 2.45) is 0 Å². The Morgan fingerprint density at radius 2 is 2.18 bits per heavy atom. The second kappa shape index (κ2) is 6.32. The summed E-state index contributed by atoms with van der Waals surface area (Å²) in [7, 11) is 0. The Labute approximate surface area is 100 Å². The van der Waals surface area contributed by atoms with Crippen molar-refractivity contribution in [2.75, 3.05) is 6.61 Å². The fourth-order valence-corrected chi connectivity index (χ4v) is 1.20. The molecule has 86 valence electrons. The van der Waals surface area contributed by atoms with Gasteiger partial charge in [0.05, 0.1) is 0 Å². The highest BCUT2D eigenvalue weighted by molar-refractivity contribution is 5.94. The van der Waals surface area contributed by atoms with Gasteiger partial charge in [-0.05, 0) is 31.2 Å². The van der Waals surface area contributed by atoms with Gasteiger partial charge in [0.2, 0.25) is 6.23 Å². The standard InChI is InChI=1S/C13H12N2O2/c1-3-10-5-7-11(8-6-10)13(16)15-12(9-14)17-4-2/h1,5-8,12H,4H2,2H3,(H,15,16). The molecular weight excluding hydrogens is 216 g/mol. The van der Waals surface area contributed by atoms with Crippen LogP contribution in [-0.2, 0) is 4.74 Å². The number of terminal acetylenes is 1. The fourth-order valence-electron chi connectivity index (χ4n) is 1.20. The lowest BCUT2D eigenvalue weighted by atomic mass is 10.1. The highest BCUT2D eigenvalue weighted by Crippen LogP contribution is 2.03. The van der Waals surface area contributed by atoms with E-state index in [1.165, 1.54) is 0 Å². The Hall–Kier alpha value is -2.30. The summed E-state index contributed by atoms with van der Waals surface area (Å²) < 4.78 is 5.00. The van der Waals surface area contributed by atoms with E-state index < -0.39 is 6.23 Å². The van der Waals surface area contributed by atoms with Crippen LogP contribution in [0.2, 0.25) is 0 Å². The van der Waals surface area contributed by atoms with Crippen LogP contribution in [0.1, 0.15) is 22.8 Å². The van der Waals surface area contributed by atoms with Crippen molar-refractivity contribution in [1.82, 2.24) is 5.32 Å². The molecule has 0 heterocycles. The first-order valence-corrected chi connectivity index (χ1v) is 5.10. The maximum Gasteiger partial charge on any atom is 0.254 e. The van der Waals surface area contributed by atoms with E-state index in [1.54, 1.807) is 31.2 Å². The molecule has 0 saturated heterocycles.